The van der Waals surface area contributed by atoms with Crippen LogP contribution >= 0.6 is 11.6 Å². The fourth-order valence-corrected chi connectivity index (χ4v) is 4.50. The molecule has 1 aliphatic heterocycles. The molecule has 0 atom stereocenters. The smallest absolute Gasteiger partial charge is 0.244 e. The summed E-state index contributed by atoms with van der Waals surface area (Å²) in [5.41, 5.74) is 0.896. The Kier molecular flexibility index (Phi) is 5.62. The molecule has 1 N–H and O–H groups in total. The van der Waals surface area contributed by atoms with Crippen LogP contribution in [-0.2, 0) is 21.3 Å². The average Bonchev–Trinajstić information content (AvgIpc) is 2.49. The first-order valence-corrected chi connectivity index (χ1v) is 8.77. The maximum atomic E-state index is 12.7. The summed E-state index contributed by atoms with van der Waals surface area (Å²) in [4.78, 5) is 0.188. The van der Waals surface area contributed by atoms with Gasteiger partial charge in [-0.2, -0.15) is 4.31 Å². The molecule has 0 saturated carbocycles. The third-order valence-electron chi connectivity index (χ3n) is 3.73. The van der Waals surface area contributed by atoms with Gasteiger partial charge in [-0.05, 0) is 37.6 Å². The number of halogens is 1. The van der Waals surface area contributed by atoms with Gasteiger partial charge in [-0.15, -0.1) is 0 Å². The van der Waals surface area contributed by atoms with E-state index in [-0.39, 0.29) is 16.0 Å². The lowest BCUT2D eigenvalue weighted by molar-refractivity contribution is 0.0604. The van der Waals surface area contributed by atoms with Crippen molar-refractivity contribution in [3.63, 3.8) is 0 Å². The van der Waals surface area contributed by atoms with E-state index in [0.717, 1.165) is 5.56 Å². The third kappa shape index (κ3) is 3.76. The summed E-state index contributed by atoms with van der Waals surface area (Å²) in [5, 5.41) is 3.27. The Balaban J connectivity index is 2.25. The van der Waals surface area contributed by atoms with Crippen LogP contribution in [-0.4, -0.2) is 46.1 Å². The van der Waals surface area contributed by atoms with Crippen molar-refractivity contribution in [3.05, 3.63) is 28.8 Å². The molecule has 21 heavy (non-hydrogen) atoms. The molecule has 0 aliphatic carbocycles. The van der Waals surface area contributed by atoms with Gasteiger partial charge in [0.2, 0.25) is 10.0 Å². The molecule has 1 aliphatic rings. The molecule has 1 heterocycles. The van der Waals surface area contributed by atoms with Gasteiger partial charge in [-0.25, -0.2) is 8.42 Å². The quantitative estimate of drug-likeness (QED) is 0.894. The van der Waals surface area contributed by atoms with E-state index in [0.29, 0.717) is 32.5 Å². The summed E-state index contributed by atoms with van der Waals surface area (Å²) in [6.07, 6.45) is 1.56. The second-order valence-corrected chi connectivity index (χ2v) is 7.45. The Morgan fingerprint density at radius 2 is 2.05 bits per heavy atom. The summed E-state index contributed by atoms with van der Waals surface area (Å²) >= 11 is 6.11. The van der Waals surface area contributed by atoms with Crippen molar-refractivity contribution in [2.45, 2.75) is 30.4 Å². The van der Waals surface area contributed by atoms with Gasteiger partial charge in [-0.1, -0.05) is 17.7 Å². The normalized spacial score (nSPS) is 18.0. The molecule has 0 unspecified atom stereocenters. The Hall–Kier alpha value is -0.660. The lowest BCUT2D eigenvalue weighted by Gasteiger charge is -2.30. The molecule has 1 fully saturated rings. The van der Waals surface area contributed by atoms with Crippen LogP contribution in [0.1, 0.15) is 18.4 Å². The monoisotopic (exact) mass is 332 g/mol. The lowest BCUT2D eigenvalue weighted by atomic mass is 10.1. The second kappa shape index (κ2) is 7.07. The maximum Gasteiger partial charge on any atom is 0.244 e. The van der Waals surface area contributed by atoms with E-state index in [4.69, 9.17) is 16.3 Å². The van der Waals surface area contributed by atoms with Crippen LogP contribution in [0.25, 0.3) is 0 Å². The number of hydrogen-bond donors (Lipinski definition) is 1. The molecule has 1 saturated heterocycles. The zero-order valence-corrected chi connectivity index (χ0v) is 13.9. The minimum Gasteiger partial charge on any atom is -0.381 e. The highest BCUT2D eigenvalue weighted by Crippen LogP contribution is 2.28. The van der Waals surface area contributed by atoms with Gasteiger partial charge < -0.3 is 10.1 Å². The van der Waals surface area contributed by atoms with Crippen LogP contribution in [0, 0.1) is 0 Å². The van der Waals surface area contributed by atoms with Gasteiger partial charge in [0.05, 0.1) is 11.1 Å². The van der Waals surface area contributed by atoms with Crippen LogP contribution in [0.4, 0.5) is 0 Å². The molecule has 5 nitrogen and oxygen atoms in total. The standard InChI is InChI=1S/C14H21ClN2O3S/c1-16-10-11-3-4-13(15)14(9-11)21(18,19)17-7-5-12(20-2)6-8-17/h3-4,9,12,16H,5-8,10H2,1-2H3. The summed E-state index contributed by atoms with van der Waals surface area (Å²) in [6.45, 7) is 1.53. The van der Waals surface area contributed by atoms with Crippen molar-refractivity contribution >= 4 is 21.6 Å². The van der Waals surface area contributed by atoms with Crippen molar-refractivity contribution in [3.8, 4) is 0 Å². The van der Waals surface area contributed by atoms with Gasteiger partial charge in [0.15, 0.2) is 0 Å². The molecule has 0 amide bonds. The Morgan fingerprint density at radius 1 is 1.38 bits per heavy atom. The average molecular weight is 333 g/mol. The maximum absolute atomic E-state index is 12.7. The first-order valence-electron chi connectivity index (χ1n) is 6.95. The van der Waals surface area contributed by atoms with Gasteiger partial charge in [0, 0.05) is 26.7 Å². The first kappa shape index (κ1) is 16.7. The number of ether oxygens (including phenoxy) is 1. The van der Waals surface area contributed by atoms with Crippen molar-refractivity contribution in [1.82, 2.24) is 9.62 Å². The highest BCUT2D eigenvalue weighted by atomic mass is 35.5. The number of hydrogen-bond acceptors (Lipinski definition) is 4. The molecule has 7 heteroatoms. The number of piperidine rings is 1. The summed E-state index contributed by atoms with van der Waals surface area (Å²) < 4.78 is 32.2. The van der Waals surface area contributed by atoms with Gasteiger partial charge in [-0.3, -0.25) is 0 Å². The van der Waals surface area contributed by atoms with Crippen molar-refractivity contribution < 1.29 is 13.2 Å². The van der Waals surface area contributed by atoms with Crippen molar-refractivity contribution in [2.75, 3.05) is 27.2 Å². The number of methoxy groups -OCH3 is 1. The van der Waals surface area contributed by atoms with E-state index in [1.165, 1.54) is 4.31 Å². The van der Waals surface area contributed by atoms with E-state index in [1.54, 1.807) is 19.2 Å². The SMILES string of the molecule is CNCc1ccc(Cl)c(S(=O)(=O)N2CCC(OC)CC2)c1. The van der Waals surface area contributed by atoms with Gasteiger partial charge in [0.1, 0.15) is 4.90 Å². The lowest BCUT2D eigenvalue weighted by Crippen LogP contribution is -2.40. The van der Waals surface area contributed by atoms with E-state index in [9.17, 15) is 8.42 Å². The van der Waals surface area contributed by atoms with E-state index in [1.807, 2.05) is 13.1 Å². The van der Waals surface area contributed by atoms with Crippen molar-refractivity contribution in [2.24, 2.45) is 0 Å². The van der Waals surface area contributed by atoms with E-state index >= 15 is 0 Å². The fourth-order valence-electron chi connectivity index (χ4n) is 2.51. The summed E-state index contributed by atoms with van der Waals surface area (Å²) in [6, 6.07) is 5.12. The molecule has 0 bridgehead atoms. The first-order chi connectivity index (χ1) is 9.98. The highest BCUT2D eigenvalue weighted by molar-refractivity contribution is 7.89. The predicted molar refractivity (Wildman–Crippen MR) is 83.0 cm³/mol. The third-order valence-corrected chi connectivity index (χ3v) is 6.11. The van der Waals surface area contributed by atoms with Crippen LogP contribution < -0.4 is 5.32 Å². The molecule has 0 radical (unpaired) electrons. The minimum absolute atomic E-state index is 0.141. The number of nitrogens with zero attached hydrogens (tertiary/aromatic N) is 1. The Morgan fingerprint density at radius 3 is 2.62 bits per heavy atom. The van der Waals surface area contributed by atoms with Crippen LogP contribution in [0.3, 0.4) is 0 Å². The Bertz CT molecular complexity index is 584. The molecule has 2 rings (SSSR count). The molecule has 118 valence electrons. The molecule has 1 aromatic rings. The predicted octanol–water partition coefficient (Wildman–Crippen LogP) is 1.86. The topological polar surface area (TPSA) is 58.6 Å². The summed E-state index contributed by atoms with van der Waals surface area (Å²) in [5.74, 6) is 0. The minimum atomic E-state index is -3.55. The van der Waals surface area contributed by atoms with Crippen molar-refractivity contribution in [1.29, 1.82) is 0 Å². The molecule has 0 aromatic heterocycles. The van der Waals surface area contributed by atoms with Crippen LogP contribution in [0.2, 0.25) is 5.02 Å². The zero-order valence-electron chi connectivity index (χ0n) is 12.3. The van der Waals surface area contributed by atoms with Crippen LogP contribution in [0.15, 0.2) is 23.1 Å². The second-order valence-electron chi connectivity index (χ2n) is 5.13. The molecule has 0 spiro atoms. The Labute approximate surface area is 131 Å². The molecular formula is C14H21ClN2O3S. The molecule has 1 aromatic carbocycles. The molecular weight excluding hydrogens is 312 g/mol. The van der Waals surface area contributed by atoms with Gasteiger partial charge in [0.25, 0.3) is 0 Å². The van der Waals surface area contributed by atoms with E-state index in [2.05, 4.69) is 5.32 Å². The highest BCUT2D eigenvalue weighted by Gasteiger charge is 2.30. The number of sulfonamides is 1. The number of rotatable bonds is 5. The largest absolute Gasteiger partial charge is 0.381 e. The van der Waals surface area contributed by atoms with Crippen LogP contribution in [0.5, 0.6) is 0 Å². The number of benzene rings is 1. The van der Waals surface area contributed by atoms with E-state index < -0.39 is 10.0 Å². The number of nitrogens with one attached hydrogen (secondary N) is 1. The summed E-state index contributed by atoms with van der Waals surface area (Å²) in [7, 11) is -0.0697. The fraction of sp³-hybridized carbons (Fsp3) is 0.571. The zero-order chi connectivity index (χ0) is 15.5. The van der Waals surface area contributed by atoms with Gasteiger partial charge >= 0.3 is 0 Å².